The van der Waals surface area contributed by atoms with Gasteiger partial charge in [-0.1, -0.05) is 43.3 Å². The normalized spacial score (nSPS) is 15.4. The van der Waals surface area contributed by atoms with Crippen LogP contribution >= 0.6 is 27.7 Å². The zero-order valence-corrected chi connectivity index (χ0v) is 20.0. The molecule has 1 aliphatic heterocycles. The van der Waals surface area contributed by atoms with E-state index in [4.69, 9.17) is 9.15 Å². The number of esters is 1. The number of furan rings is 1. The highest BCUT2D eigenvalue weighted by Crippen LogP contribution is 2.38. The van der Waals surface area contributed by atoms with Crippen molar-refractivity contribution in [3.8, 4) is 0 Å². The highest BCUT2D eigenvalue weighted by molar-refractivity contribution is 9.10. The van der Waals surface area contributed by atoms with E-state index < -0.39 is 12.0 Å². The third-order valence-electron chi connectivity index (χ3n) is 4.96. The number of hydrogen-bond donors (Lipinski definition) is 1. The highest BCUT2D eigenvalue weighted by Gasteiger charge is 2.37. The fourth-order valence-electron chi connectivity index (χ4n) is 3.34. The number of rotatable bonds is 8. The monoisotopic (exact) mass is 520 g/mol. The number of nitrogens with one attached hydrogen (secondary N) is 1. The number of anilines is 1. The largest absolute Gasteiger partial charge is 0.462 e. The number of nitrogens with zero attached hydrogens (tertiary/aromatic N) is 3. The number of fused-ring (bicyclic) bond motifs is 1. The van der Waals surface area contributed by atoms with Crippen LogP contribution in [0.15, 0.2) is 61.9 Å². The minimum Gasteiger partial charge on any atom is -0.462 e. The van der Waals surface area contributed by atoms with Crippen molar-refractivity contribution in [1.82, 2.24) is 14.8 Å². The molecule has 0 saturated heterocycles. The van der Waals surface area contributed by atoms with Crippen LogP contribution in [0.1, 0.15) is 44.1 Å². The topological polar surface area (TPSA) is 82.2 Å². The smallest absolute Gasteiger partial charge is 0.338 e. The Bertz CT molecular complexity index is 1160. The fourth-order valence-corrected chi connectivity index (χ4v) is 4.47. The molecule has 32 heavy (non-hydrogen) atoms. The molecule has 1 unspecified atom stereocenters. The maximum atomic E-state index is 14.0. The predicted octanol–water partition coefficient (Wildman–Crippen LogP) is 5.70. The van der Waals surface area contributed by atoms with E-state index in [0.717, 1.165) is 12.8 Å². The molecule has 0 fully saturated rings. The van der Waals surface area contributed by atoms with E-state index in [0.29, 0.717) is 50.7 Å². The molecular formula is C22H22BrFN4O3S. The van der Waals surface area contributed by atoms with Crippen LogP contribution in [0.2, 0.25) is 0 Å². The maximum absolute atomic E-state index is 14.0. The number of unbranched alkanes of at least 4 members (excludes halogenated alkanes) is 1. The second-order valence-corrected chi connectivity index (χ2v) is 8.96. The number of benzene rings is 1. The molecule has 2 aromatic heterocycles. The molecule has 7 nitrogen and oxygen atoms in total. The fraction of sp³-hybridized carbons (Fsp3) is 0.318. The number of carbonyl (C=O) groups excluding carboxylic acids is 1. The Kier molecular flexibility index (Phi) is 7.00. The lowest BCUT2D eigenvalue weighted by Crippen LogP contribution is -2.29. The van der Waals surface area contributed by atoms with E-state index in [1.807, 2.05) is 6.92 Å². The first kappa shape index (κ1) is 22.6. The second kappa shape index (κ2) is 9.91. The van der Waals surface area contributed by atoms with E-state index in [1.54, 1.807) is 41.9 Å². The van der Waals surface area contributed by atoms with Gasteiger partial charge < -0.3 is 14.5 Å². The molecule has 0 bridgehead atoms. The van der Waals surface area contributed by atoms with Gasteiger partial charge in [0.15, 0.2) is 4.67 Å². The average Bonchev–Trinajstić information content (AvgIpc) is 3.38. The van der Waals surface area contributed by atoms with Gasteiger partial charge in [-0.25, -0.2) is 13.9 Å². The van der Waals surface area contributed by atoms with Gasteiger partial charge in [0.25, 0.3) is 0 Å². The second-order valence-electron chi connectivity index (χ2n) is 7.24. The molecule has 3 heterocycles. The van der Waals surface area contributed by atoms with Crippen LogP contribution in [0.3, 0.4) is 0 Å². The summed E-state index contributed by atoms with van der Waals surface area (Å²) in [5.41, 5.74) is 1.60. The van der Waals surface area contributed by atoms with Gasteiger partial charge in [0.05, 0.1) is 12.2 Å². The first-order chi connectivity index (χ1) is 15.5. The number of thioether (sulfide) groups is 1. The lowest BCUT2D eigenvalue weighted by molar-refractivity contribution is -0.139. The van der Waals surface area contributed by atoms with Crippen molar-refractivity contribution in [2.75, 3.05) is 11.9 Å². The lowest BCUT2D eigenvalue weighted by atomic mass is 10.0. The first-order valence-electron chi connectivity index (χ1n) is 10.2. The van der Waals surface area contributed by atoms with Crippen LogP contribution in [0, 0.1) is 5.82 Å². The minimum atomic E-state index is -0.637. The Morgan fingerprint density at radius 2 is 2.16 bits per heavy atom. The van der Waals surface area contributed by atoms with Crippen molar-refractivity contribution in [3.05, 3.63) is 69.5 Å². The van der Waals surface area contributed by atoms with Crippen molar-refractivity contribution >= 4 is 39.6 Å². The molecule has 0 amide bonds. The highest BCUT2D eigenvalue weighted by atomic mass is 79.9. The molecule has 3 aromatic rings. The molecule has 1 atom stereocenters. The maximum Gasteiger partial charge on any atom is 0.338 e. The molecule has 1 N–H and O–H groups in total. The molecule has 0 spiro atoms. The van der Waals surface area contributed by atoms with Gasteiger partial charge >= 0.3 is 5.97 Å². The van der Waals surface area contributed by atoms with Crippen LogP contribution in [0.25, 0.3) is 0 Å². The van der Waals surface area contributed by atoms with Gasteiger partial charge in [0.2, 0.25) is 11.1 Å². The van der Waals surface area contributed by atoms with Crippen LogP contribution in [-0.2, 0) is 15.3 Å². The van der Waals surface area contributed by atoms with Gasteiger partial charge in [0.1, 0.15) is 17.6 Å². The molecule has 10 heteroatoms. The average molecular weight is 521 g/mol. The number of halogens is 2. The Labute approximate surface area is 197 Å². The predicted molar refractivity (Wildman–Crippen MR) is 123 cm³/mol. The van der Waals surface area contributed by atoms with E-state index in [1.165, 1.54) is 17.8 Å². The van der Waals surface area contributed by atoms with Gasteiger partial charge in [-0.05, 0) is 53.0 Å². The lowest BCUT2D eigenvalue weighted by Gasteiger charge is -2.26. The molecule has 1 aliphatic rings. The molecule has 0 aliphatic carbocycles. The van der Waals surface area contributed by atoms with E-state index in [-0.39, 0.29) is 5.82 Å². The van der Waals surface area contributed by atoms with Gasteiger partial charge in [-0.2, -0.15) is 4.98 Å². The number of carbonyl (C=O) groups is 1. The van der Waals surface area contributed by atoms with Gasteiger partial charge in [-0.15, -0.1) is 5.10 Å². The summed E-state index contributed by atoms with van der Waals surface area (Å²) >= 11 is 4.64. The van der Waals surface area contributed by atoms with Crippen molar-refractivity contribution in [1.29, 1.82) is 0 Å². The molecule has 1 aromatic carbocycles. The zero-order chi connectivity index (χ0) is 22.7. The Balaban J connectivity index is 1.64. The Hall–Kier alpha value is -2.59. The Morgan fingerprint density at radius 1 is 1.34 bits per heavy atom. The summed E-state index contributed by atoms with van der Waals surface area (Å²) in [5, 5.41) is 8.20. The van der Waals surface area contributed by atoms with Crippen LogP contribution in [0.5, 0.6) is 0 Å². The summed E-state index contributed by atoms with van der Waals surface area (Å²) in [5.74, 6) is 0.682. The number of aromatic nitrogens is 3. The van der Waals surface area contributed by atoms with E-state index in [2.05, 4.69) is 31.3 Å². The summed E-state index contributed by atoms with van der Waals surface area (Å²) in [7, 11) is 0. The summed E-state index contributed by atoms with van der Waals surface area (Å²) in [4.78, 5) is 17.5. The third kappa shape index (κ3) is 4.75. The first-order valence-corrected chi connectivity index (χ1v) is 12.0. The summed E-state index contributed by atoms with van der Waals surface area (Å²) < 4.78 is 27.4. The van der Waals surface area contributed by atoms with Crippen molar-refractivity contribution in [2.24, 2.45) is 0 Å². The van der Waals surface area contributed by atoms with Crippen LogP contribution in [-0.4, -0.2) is 27.3 Å². The van der Waals surface area contributed by atoms with Gasteiger partial charge in [0, 0.05) is 11.4 Å². The molecule has 4 rings (SSSR count). The third-order valence-corrected chi connectivity index (χ3v) is 6.27. The molecule has 0 saturated carbocycles. The number of ether oxygens (including phenoxy) is 1. The molecule has 0 radical (unpaired) electrons. The minimum absolute atomic E-state index is 0.268. The molecular weight excluding hydrogens is 499 g/mol. The Morgan fingerprint density at radius 3 is 2.88 bits per heavy atom. The zero-order valence-electron chi connectivity index (χ0n) is 17.6. The van der Waals surface area contributed by atoms with Gasteiger partial charge in [-0.3, -0.25) is 0 Å². The molecule has 168 valence electrons. The van der Waals surface area contributed by atoms with E-state index in [9.17, 15) is 9.18 Å². The number of hydrogen-bond acceptors (Lipinski definition) is 7. The summed E-state index contributed by atoms with van der Waals surface area (Å²) in [6.45, 7) is 4.17. The number of allylic oxidation sites excluding steroid dienone is 1. The summed E-state index contributed by atoms with van der Waals surface area (Å²) in [6, 6.07) is 9.51. The van der Waals surface area contributed by atoms with Crippen molar-refractivity contribution in [2.45, 2.75) is 43.6 Å². The quantitative estimate of drug-likeness (QED) is 0.232. The standard InChI is InChI=1S/C22H22BrFN4O3S/c1-3-4-11-30-20(29)18-13(2)25-21-26-22(32-12-14-7-5-6-8-15(14)24)27-28(21)19(18)16-9-10-17(23)31-16/h5-10,19H,3-4,11-12H2,1-2H3,(H,25,26,27). The van der Waals surface area contributed by atoms with Crippen molar-refractivity contribution < 1.29 is 18.3 Å². The van der Waals surface area contributed by atoms with Crippen LogP contribution < -0.4 is 5.32 Å². The van der Waals surface area contributed by atoms with Crippen molar-refractivity contribution in [3.63, 3.8) is 0 Å². The van der Waals surface area contributed by atoms with Crippen LogP contribution in [0.4, 0.5) is 10.3 Å². The summed E-state index contributed by atoms with van der Waals surface area (Å²) in [6.07, 6.45) is 1.71. The van der Waals surface area contributed by atoms with E-state index >= 15 is 0 Å². The SMILES string of the molecule is CCCCOC(=O)C1=C(C)Nc2nc(SCc3ccccc3F)nn2C1c1ccc(Br)o1.